The van der Waals surface area contributed by atoms with Crippen molar-refractivity contribution in [1.82, 2.24) is 20.6 Å². The second kappa shape index (κ2) is 7.71. The Morgan fingerprint density at radius 3 is 2.31 bits per heavy atom. The zero-order valence-electron chi connectivity index (χ0n) is 14.1. The summed E-state index contributed by atoms with van der Waals surface area (Å²) in [6, 6.07) is 5.64. The first-order valence-electron chi connectivity index (χ1n) is 7.71. The fourth-order valence-electron chi connectivity index (χ4n) is 2.35. The third-order valence-corrected chi connectivity index (χ3v) is 4.34. The number of alkyl halides is 3. The molecule has 0 spiro atoms. The van der Waals surface area contributed by atoms with E-state index in [-0.39, 0.29) is 16.9 Å². The van der Waals surface area contributed by atoms with Crippen molar-refractivity contribution in [3.8, 4) is 5.69 Å². The first kappa shape index (κ1) is 20.0. The number of carbonyl (C=O) groups excluding carboxylic acids is 2. The highest BCUT2D eigenvalue weighted by molar-refractivity contribution is 7.08. The predicted octanol–water partition coefficient (Wildman–Crippen LogP) is 2.94. The molecule has 29 heavy (non-hydrogen) atoms. The van der Waals surface area contributed by atoms with Gasteiger partial charge in [-0.05, 0) is 23.6 Å². The summed E-state index contributed by atoms with van der Waals surface area (Å²) >= 11 is 1.23. The Kier molecular flexibility index (Phi) is 5.32. The molecule has 13 heteroatoms. The van der Waals surface area contributed by atoms with Crippen LogP contribution in [0.4, 0.5) is 18.9 Å². The molecule has 9 nitrogen and oxygen atoms in total. The normalized spacial score (nSPS) is 11.1. The van der Waals surface area contributed by atoms with Gasteiger partial charge in [-0.3, -0.25) is 30.6 Å². The number of hydrazine groups is 1. The highest BCUT2D eigenvalue weighted by Gasteiger charge is 2.40. The highest BCUT2D eigenvalue weighted by atomic mass is 32.1. The molecule has 3 aromatic rings. The van der Waals surface area contributed by atoms with E-state index in [2.05, 4.69) is 5.10 Å². The number of hydrogen-bond donors (Lipinski definition) is 2. The highest BCUT2D eigenvalue weighted by Crippen LogP contribution is 2.33. The number of benzene rings is 1. The van der Waals surface area contributed by atoms with Crippen molar-refractivity contribution < 1.29 is 27.7 Å². The molecule has 0 bridgehead atoms. The van der Waals surface area contributed by atoms with Crippen molar-refractivity contribution in [2.75, 3.05) is 0 Å². The number of carbonyl (C=O) groups is 2. The Bertz CT molecular complexity index is 1060. The summed E-state index contributed by atoms with van der Waals surface area (Å²) in [5, 5.41) is 17.4. The van der Waals surface area contributed by atoms with E-state index in [1.807, 2.05) is 10.9 Å². The van der Waals surface area contributed by atoms with Gasteiger partial charge >= 0.3 is 6.18 Å². The van der Waals surface area contributed by atoms with Crippen molar-refractivity contribution in [2.45, 2.75) is 6.18 Å². The van der Waals surface area contributed by atoms with Crippen molar-refractivity contribution in [3.05, 3.63) is 74.2 Å². The number of non-ortho nitro benzene ring substituents is 1. The summed E-state index contributed by atoms with van der Waals surface area (Å²) in [5.74, 6) is -1.93. The molecule has 1 aromatic carbocycles. The van der Waals surface area contributed by atoms with Gasteiger partial charge in [-0.25, -0.2) is 4.68 Å². The van der Waals surface area contributed by atoms with Gasteiger partial charge in [-0.2, -0.15) is 29.6 Å². The Morgan fingerprint density at radius 2 is 1.76 bits per heavy atom. The lowest BCUT2D eigenvalue weighted by Gasteiger charge is -2.13. The minimum atomic E-state index is -4.97. The van der Waals surface area contributed by atoms with E-state index >= 15 is 0 Å². The second-order valence-electron chi connectivity index (χ2n) is 5.51. The Balaban J connectivity index is 1.88. The van der Waals surface area contributed by atoms with Crippen LogP contribution >= 0.6 is 11.3 Å². The number of halogens is 3. The molecular weight excluding hydrogens is 415 g/mol. The Labute approximate surface area is 163 Å². The predicted molar refractivity (Wildman–Crippen MR) is 94.5 cm³/mol. The molecule has 0 atom stereocenters. The molecule has 3 rings (SSSR count). The van der Waals surface area contributed by atoms with Crippen LogP contribution in [0.15, 0.2) is 47.3 Å². The number of nitrogens with one attached hydrogen (secondary N) is 2. The van der Waals surface area contributed by atoms with Crippen LogP contribution in [0.2, 0.25) is 0 Å². The number of thiophene rings is 1. The number of hydrogen-bond acceptors (Lipinski definition) is 6. The molecular formula is C16H10F3N5O4S. The first-order valence-corrected chi connectivity index (χ1v) is 8.65. The van der Waals surface area contributed by atoms with Gasteiger partial charge in [-0.1, -0.05) is 0 Å². The molecule has 0 saturated heterocycles. The summed E-state index contributed by atoms with van der Waals surface area (Å²) in [6.45, 7) is 0. The molecule has 0 radical (unpaired) electrons. The third kappa shape index (κ3) is 4.24. The monoisotopic (exact) mass is 425 g/mol. The van der Waals surface area contributed by atoms with E-state index in [1.165, 1.54) is 22.8 Å². The van der Waals surface area contributed by atoms with E-state index in [9.17, 15) is 32.9 Å². The summed E-state index contributed by atoms with van der Waals surface area (Å²) in [5.41, 5.74) is 1.48. The van der Waals surface area contributed by atoms with Crippen LogP contribution in [0.5, 0.6) is 0 Å². The quantitative estimate of drug-likeness (QED) is 0.492. The van der Waals surface area contributed by atoms with Crippen LogP contribution in [0.3, 0.4) is 0 Å². The van der Waals surface area contributed by atoms with Crippen molar-refractivity contribution in [3.63, 3.8) is 0 Å². The average molecular weight is 425 g/mol. The van der Waals surface area contributed by atoms with Gasteiger partial charge in [0.25, 0.3) is 17.5 Å². The molecule has 0 fully saturated rings. The van der Waals surface area contributed by atoms with Crippen LogP contribution in [0.1, 0.15) is 26.4 Å². The van der Waals surface area contributed by atoms with E-state index in [0.29, 0.717) is 10.9 Å². The van der Waals surface area contributed by atoms with Gasteiger partial charge in [-0.15, -0.1) is 0 Å². The van der Waals surface area contributed by atoms with Gasteiger partial charge in [0.05, 0.1) is 27.9 Å². The van der Waals surface area contributed by atoms with Crippen LogP contribution < -0.4 is 10.9 Å². The molecule has 2 amide bonds. The fraction of sp³-hybridized carbons (Fsp3) is 0.0625. The Morgan fingerprint density at radius 1 is 1.10 bits per heavy atom. The number of nitro benzene ring substituents is 1. The van der Waals surface area contributed by atoms with Gasteiger partial charge in [0, 0.05) is 17.5 Å². The van der Waals surface area contributed by atoms with Crippen LogP contribution in [-0.4, -0.2) is 26.5 Å². The van der Waals surface area contributed by atoms with E-state index in [4.69, 9.17) is 0 Å². The minimum absolute atomic E-state index is 0.135. The number of nitro groups is 1. The average Bonchev–Trinajstić information content (AvgIpc) is 3.35. The third-order valence-electron chi connectivity index (χ3n) is 3.66. The molecule has 2 N–H and O–H groups in total. The zero-order valence-corrected chi connectivity index (χ0v) is 15.0. The summed E-state index contributed by atoms with van der Waals surface area (Å²) in [4.78, 5) is 34.0. The lowest BCUT2D eigenvalue weighted by molar-refractivity contribution is -0.384. The topological polar surface area (TPSA) is 119 Å². The number of aromatic nitrogens is 2. The maximum atomic E-state index is 13.6. The number of amides is 2. The largest absolute Gasteiger partial charge is 0.434 e. The maximum Gasteiger partial charge on any atom is 0.434 e. The molecule has 2 aromatic heterocycles. The lowest BCUT2D eigenvalue weighted by Crippen LogP contribution is -2.42. The molecule has 0 saturated carbocycles. The summed E-state index contributed by atoms with van der Waals surface area (Å²) < 4.78 is 41.2. The van der Waals surface area contributed by atoms with Gasteiger partial charge in [0.2, 0.25) is 0 Å². The van der Waals surface area contributed by atoms with E-state index in [0.717, 1.165) is 24.3 Å². The van der Waals surface area contributed by atoms with E-state index < -0.39 is 34.2 Å². The van der Waals surface area contributed by atoms with Gasteiger partial charge in [0.15, 0.2) is 5.69 Å². The number of rotatable bonds is 4. The smallest absolute Gasteiger partial charge is 0.267 e. The first-order chi connectivity index (χ1) is 13.7. The molecule has 0 unspecified atom stereocenters. The van der Waals surface area contributed by atoms with Crippen molar-refractivity contribution in [1.29, 1.82) is 0 Å². The maximum absolute atomic E-state index is 13.6. The number of nitrogens with zero attached hydrogens (tertiary/aromatic N) is 3. The van der Waals surface area contributed by atoms with Crippen LogP contribution in [0, 0.1) is 10.1 Å². The minimum Gasteiger partial charge on any atom is -0.267 e. The summed E-state index contributed by atoms with van der Waals surface area (Å²) in [7, 11) is 0. The Hall–Kier alpha value is -3.74. The molecule has 2 heterocycles. The van der Waals surface area contributed by atoms with Gasteiger partial charge < -0.3 is 0 Å². The van der Waals surface area contributed by atoms with Crippen molar-refractivity contribution in [2.24, 2.45) is 0 Å². The summed E-state index contributed by atoms with van der Waals surface area (Å²) in [6.07, 6.45) is -4.28. The van der Waals surface area contributed by atoms with Gasteiger partial charge in [0.1, 0.15) is 0 Å². The fourth-order valence-corrected chi connectivity index (χ4v) is 2.98. The zero-order chi connectivity index (χ0) is 21.2. The van der Waals surface area contributed by atoms with E-state index in [1.54, 1.807) is 5.38 Å². The molecule has 150 valence electrons. The molecule has 0 aliphatic rings. The lowest BCUT2D eigenvalue weighted by atomic mass is 10.2. The molecule has 0 aliphatic heterocycles. The van der Waals surface area contributed by atoms with Crippen LogP contribution in [0.25, 0.3) is 5.69 Å². The molecule has 0 aliphatic carbocycles. The standard InChI is InChI=1S/C16H10F3N5O4S/c17-16(18,19)13-12(15(26)22-21-14(25)9-5-6-29-8-9)7-20-23(13)10-1-3-11(4-2-10)24(27)28/h1-8H,(H,21,25)(H,22,26). The van der Waals surface area contributed by atoms with Crippen molar-refractivity contribution >= 4 is 28.8 Å². The van der Waals surface area contributed by atoms with Crippen LogP contribution in [-0.2, 0) is 6.18 Å². The second-order valence-corrected chi connectivity index (χ2v) is 6.29. The SMILES string of the molecule is O=C(NNC(=O)c1cnn(-c2ccc([N+](=O)[O-])cc2)c1C(F)(F)F)c1ccsc1.